The number of hydrogen-bond donors (Lipinski definition) is 4. The van der Waals surface area contributed by atoms with Crippen LogP contribution in [0, 0.1) is 16.7 Å². The number of carbonyl (C=O) groups is 1. The van der Waals surface area contributed by atoms with Crippen LogP contribution in [0.1, 0.15) is 10.4 Å². The Morgan fingerprint density at radius 3 is 2.44 bits per heavy atom. The first-order valence-electron chi connectivity index (χ1n) is 7.70. The number of hydrazone groups is 1. The zero-order valence-electron chi connectivity index (χ0n) is 14.7. The summed E-state index contributed by atoms with van der Waals surface area (Å²) in [6, 6.07) is 13.2. The molecule has 0 fully saturated rings. The van der Waals surface area contributed by atoms with Gasteiger partial charge in [-0.2, -0.15) is 10.4 Å². The first-order valence-corrected chi connectivity index (χ1v) is 7.70. The van der Waals surface area contributed by atoms with Gasteiger partial charge in [0, 0.05) is 11.6 Å². The minimum atomic E-state index is -0.444. The second kappa shape index (κ2) is 8.87. The van der Waals surface area contributed by atoms with E-state index in [1.807, 2.05) is 0 Å². The van der Waals surface area contributed by atoms with Gasteiger partial charge in [0.15, 0.2) is 5.84 Å². The van der Waals surface area contributed by atoms with Crippen LogP contribution in [0.5, 0.6) is 11.5 Å². The van der Waals surface area contributed by atoms with Gasteiger partial charge in [-0.25, -0.2) is 0 Å². The number of benzene rings is 2. The number of methoxy groups -OCH3 is 2. The third-order valence-electron chi connectivity index (χ3n) is 3.46. The summed E-state index contributed by atoms with van der Waals surface area (Å²) < 4.78 is 10.4. The average Bonchev–Trinajstić information content (AvgIpc) is 2.69. The third-order valence-corrected chi connectivity index (χ3v) is 3.46. The zero-order chi connectivity index (χ0) is 19.8. The minimum Gasteiger partial charge on any atom is -0.497 e. The number of amides is 1. The highest BCUT2D eigenvalue weighted by molar-refractivity contribution is 6.45. The van der Waals surface area contributed by atoms with E-state index >= 15 is 0 Å². The highest BCUT2D eigenvalue weighted by atomic mass is 16.5. The van der Waals surface area contributed by atoms with Crippen molar-refractivity contribution in [3.05, 3.63) is 48.0 Å². The van der Waals surface area contributed by atoms with Crippen LogP contribution in [0.25, 0.3) is 0 Å². The molecule has 0 unspecified atom stereocenters. The molecule has 9 nitrogen and oxygen atoms in total. The predicted octanol–water partition coefficient (Wildman–Crippen LogP) is 2.18. The standard InChI is InChI=1S/C18H18N6O3/c1-26-13-6-3-11(4-7-13)18(25)22-14-8-5-12(9-16(14)27-2)23-24-15(10-19)17(20)21/h3-9,23H,1-2H3,(H3,20,21)(H,22,25)/b24-15+. The SMILES string of the molecule is COc1ccc(C(=O)Nc2ccc(N/N=C(\C#N)C(=N)N)cc2OC)cc1. The molecule has 2 aromatic carbocycles. The number of anilines is 2. The molecule has 0 aliphatic heterocycles. The lowest BCUT2D eigenvalue weighted by Crippen LogP contribution is -2.21. The Bertz CT molecular complexity index is 916. The van der Waals surface area contributed by atoms with Gasteiger partial charge in [-0.1, -0.05) is 0 Å². The van der Waals surface area contributed by atoms with Gasteiger partial charge in [0.25, 0.3) is 5.91 Å². The summed E-state index contributed by atoms with van der Waals surface area (Å²) in [5, 5.41) is 22.6. The van der Waals surface area contributed by atoms with Crippen molar-refractivity contribution in [1.29, 1.82) is 10.7 Å². The number of rotatable bonds is 7. The average molecular weight is 366 g/mol. The summed E-state index contributed by atoms with van der Waals surface area (Å²) in [5.74, 6) is 0.291. The number of nitrogens with one attached hydrogen (secondary N) is 3. The molecular weight excluding hydrogens is 348 g/mol. The molecule has 0 atom stereocenters. The van der Waals surface area contributed by atoms with E-state index < -0.39 is 5.84 Å². The lowest BCUT2D eigenvalue weighted by molar-refractivity contribution is 0.102. The van der Waals surface area contributed by atoms with E-state index in [-0.39, 0.29) is 11.6 Å². The second-order valence-electron chi connectivity index (χ2n) is 5.20. The van der Waals surface area contributed by atoms with E-state index in [0.29, 0.717) is 28.4 Å². The second-order valence-corrected chi connectivity index (χ2v) is 5.20. The first kappa shape index (κ1) is 19.3. The first-order chi connectivity index (χ1) is 13.0. The summed E-state index contributed by atoms with van der Waals surface area (Å²) in [4.78, 5) is 12.4. The van der Waals surface area contributed by atoms with E-state index in [1.54, 1.807) is 55.6 Å². The van der Waals surface area contributed by atoms with Gasteiger partial charge in [-0.3, -0.25) is 15.6 Å². The fourth-order valence-corrected chi connectivity index (χ4v) is 2.07. The molecule has 0 saturated carbocycles. The molecule has 2 aromatic rings. The monoisotopic (exact) mass is 366 g/mol. The molecule has 138 valence electrons. The van der Waals surface area contributed by atoms with Crippen molar-refractivity contribution in [2.45, 2.75) is 0 Å². The number of nitriles is 1. The Kier molecular flexibility index (Phi) is 6.33. The molecule has 2 rings (SSSR count). The molecule has 0 bridgehead atoms. The van der Waals surface area contributed by atoms with Gasteiger partial charge >= 0.3 is 0 Å². The van der Waals surface area contributed by atoms with Crippen LogP contribution in [0.4, 0.5) is 11.4 Å². The Balaban J connectivity index is 2.17. The van der Waals surface area contributed by atoms with Gasteiger partial charge in [-0.05, 0) is 36.4 Å². The fraction of sp³-hybridized carbons (Fsp3) is 0.111. The molecular formula is C18H18N6O3. The Hall–Kier alpha value is -4.06. The molecule has 0 aliphatic rings. The lowest BCUT2D eigenvalue weighted by atomic mass is 10.2. The normalized spacial score (nSPS) is 10.5. The maximum atomic E-state index is 12.4. The topological polar surface area (TPSA) is 146 Å². The van der Waals surface area contributed by atoms with Crippen molar-refractivity contribution in [2.24, 2.45) is 10.8 Å². The van der Waals surface area contributed by atoms with Crippen molar-refractivity contribution in [3.63, 3.8) is 0 Å². The van der Waals surface area contributed by atoms with E-state index in [0.717, 1.165) is 0 Å². The van der Waals surface area contributed by atoms with Gasteiger partial charge in [0.2, 0.25) is 5.71 Å². The number of nitrogens with zero attached hydrogens (tertiary/aromatic N) is 2. The highest BCUT2D eigenvalue weighted by Crippen LogP contribution is 2.28. The van der Waals surface area contributed by atoms with Crippen molar-refractivity contribution in [1.82, 2.24) is 0 Å². The molecule has 0 saturated heterocycles. The molecule has 0 aromatic heterocycles. The fourth-order valence-electron chi connectivity index (χ4n) is 2.07. The Labute approximate surface area is 155 Å². The smallest absolute Gasteiger partial charge is 0.255 e. The molecule has 1 amide bonds. The Morgan fingerprint density at radius 1 is 1.19 bits per heavy atom. The summed E-state index contributed by atoms with van der Waals surface area (Å²) >= 11 is 0. The summed E-state index contributed by atoms with van der Waals surface area (Å²) in [6.07, 6.45) is 0. The quantitative estimate of drug-likeness (QED) is 0.336. The molecule has 0 aliphatic carbocycles. The number of ether oxygens (including phenoxy) is 2. The molecule has 0 radical (unpaired) electrons. The van der Waals surface area contributed by atoms with E-state index in [9.17, 15) is 4.79 Å². The molecule has 0 spiro atoms. The van der Waals surface area contributed by atoms with Crippen LogP contribution in [-0.2, 0) is 0 Å². The summed E-state index contributed by atoms with van der Waals surface area (Å²) in [6.45, 7) is 0. The zero-order valence-corrected chi connectivity index (χ0v) is 14.7. The van der Waals surface area contributed by atoms with Crippen molar-refractivity contribution < 1.29 is 14.3 Å². The van der Waals surface area contributed by atoms with Crippen LogP contribution >= 0.6 is 0 Å². The molecule has 0 heterocycles. The van der Waals surface area contributed by atoms with Crippen LogP contribution in [0.15, 0.2) is 47.6 Å². The number of carbonyl (C=O) groups excluding carboxylic acids is 1. The van der Waals surface area contributed by atoms with Gasteiger partial charge in [0.05, 0.1) is 25.6 Å². The van der Waals surface area contributed by atoms with Gasteiger partial charge in [0.1, 0.15) is 17.6 Å². The molecule has 5 N–H and O–H groups in total. The van der Waals surface area contributed by atoms with Crippen molar-refractivity contribution in [3.8, 4) is 17.6 Å². The van der Waals surface area contributed by atoms with E-state index in [1.165, 1.54) is 7.11 Å². The van der Waals surface area contributed by atoms with Crippen LogP contribution < -0.4 is 25.9 Å². The highest BCUT2D eigenvalue weighted by Gasteiger charge is 2.11. The number of hydrogen-bond acceptors (Lipinski definition) is 7. The third kappa shape index (κ3) is 4.96. The Morgan fingerprint density at radius 2 is 1.89 bits per heavy atom. The van der Waals surface area contributed by atoms with Gasteiger partial charge < -0.3 is 20.5 Å². The van der Waals surface area contributed by atoms with Gasteiger partial charge in [-0.15, -0.1) is 0 Å². The molecule has 27 heavy (non-hydrogen) atoms. The number of amidine groups is 1. The summed E-state index contributed by atoms with van der Waals surface area (Å²) in [5.41, 5.74) is 9.01. The van der Waals surface area contributed by atoms with Crippen LogP contribution in [0.3, 0.4) is 0 Å². The van der Waals surface area contributed by atoms with Crippen LogP contribution in [0.2, 0.25) is 0 Å². The largest absolute Gasteiger partial charge is 0.497 e. The number of nitrogens with two attached hydrogens (primary N) is 1. The maximum absolute atomic E-state index is 12.4. The van der Waals surface area contributed by atoms with Crippen molar-refractivity contribution >= 4 is 28.8 Å². The predicted molar refractivity (Wildman–Crippen MR) is 103 cm³/mol. The maximum Gasteiger partial charge on any atom is 0.255 e. The van der Waals surface area contributed by atoms with Crippen molar-refractivity contribution in [2.75, 3.05) is 25.0 Å². The van der Waals surface area contributed by atoms with E-state index in [4.69, 9.17) is 25.9 Å². The molecule has 9 heteroatoms. The minimum absolute atomic E-state index is 0.245. The lowest BCUT2D eigenvalue weighted by Gasteiger charge is -2.12. The van der Waals surface area contributed by atoms with Crippen LogP contribution in [-0.4, -0.2) is 31.7 Å². The summed E-state index contributed by atoms with van der Waals surface area (Å²) in [7, 11) is 3.01. The van der Waals surface area contributed by atoms with E-state index in [2.05, 4.69) is 15.8 Å².